The quantitative estimate of drug-likeness (QED) is 0.0730. The van der Waals surface area contributed by atoms with E-state index >= 15 is 0 Å². The molecule has 15 nitrogen and oxygen atoms in total. The Morgan fingerprint density at radius 3 is 2.49 bits per heavy atom. The minimum Gasteiger partial charge on any atom is -0.467 e. The van der Waals surface area contributed by atoms with Crippen LogP contribution in [-0.4, -0.2) is 98.0 Å². The van der Waals surface area contributed by atoms with Gasteiger partial charge in [-0.3, -0.25) is 9.69 Å². The van der Waals surface area contributed by atoms with E-state index in [0.717, 1.165) is 69.0 Å². The minimum absolute atomic E-state index is 0.0174. The van der Waals surface area contributed by atoms with Gasteiger partial charge in [0.2, 0.25) is 0 Å². The van der Waals surface area contributed by atoms with Gasteiger partial charge in [-0.25, -0.2) is 13.1 Å². The van der Waals surface area contributed by atoms with Gasteiger partial charge >= 0.3 is 0 Å². The normalized spacial score (nSPS) is 24.1. The van der Waals surface area contributed by atoms with E-state index in [1.807, 2.05) is 19.1 Å². The molecule has 3 aliphatic heterocycles. The molecular weight excluding hydrogens is 883 g/mol. The van der Waals surface area contributed by atoms with Gasteiger partial charge in [0.05, 0.1) is 35.0 Å². The van der Waals surface area contributed by atoms with Crippen LogP contribution >= 0.6 is 0 Å². The number of nitrogens with one attached hydrogen (secondary N) is 3. The number of nitrogens with zero attached hydrogens (tertiary/aromatic N) is 4. The summed E-state index contributed by atoms with van der Waals surface area (Å²) in [7, 11) is -4.49. The molecule has 5 aliphatic rings. The Labute approximate surface area is 398 Å². The Balaban J connectivity index is 0.867. The molecule has 0 unspecified atom stereocenters. The van der Waals surface area contributed by atoms with Crippen molar-refractivity contribution < 1.29 is 32.5 Å². The summed E-state index contributed by atoms with van der Waals surface area (Å²) in [4.78, 5) is 38.8. The molecule has 2 aromatic heterocycles. The smallest absolute Gasteiger partial charge is 0.268 e. The highest BCUT2D eigenvalue weighted by molar-refractivity contribution is 7.90. The van der Waals surface area contributed by atoms with Crippen LogP contribution in [0.4, 0.5) is 17.1 Å². The lowest BCUT2D eigenvalue weighted by Crippen LogP contribution is -2.63. The van der Waals surface area contributed by atoms with E-state index in [9.17, 15) is 23.2 Å². The Morgan fingerprint density at radius 2 is 1.75 bits per heavy atom. The number of rotatable bonds is 15. The van der Waals surface area contributed by atoms with Crippen LogP contribution in [0.3, 0.4) is 0 Å². The lowest BCUT2D eigenvalue weighted by Gasteiger charge is -2.57. The molecule has 1 amide bonds. The number of amides is 1. The number of aromatic nitrogens is 2. The number of hydrogen-bond acceptors (Lipinski definition) is 13. The van der Waals surface area contributed by atoms with Crippen LogP contribution in [0, 0.1) is 16.2 Å². The molecule has 68 heavy (non-hydrogen) atoms. The maximum atomic E-state index is 14.2. The van der Waals surface area contributed by atoms with E-state index in [4.69, 9.17) is 14.2 Å². The second-order valence-corrected chi connectivity index (χ2v) is 22.3. The number of carbonyl (C=O) groups excluding carboxylic acids is 1. The van der Waals surface area contributed by atoms with Gasteiger partial charge < -0.3 is 34.5 Å². The van der Waals surface area contributed by atoms with E-state index in [1.165, 1.54) is 42.5 Å². The maximum Gasteiger partial charge on any atom is 0.268 e. The summed E-state index contributed by atoms with van der Waals surface area (Å²) in [6.07, 6.45) is 10.4. The highest BCUT2D eigenvalue weighted by Crippen LogP contribution is 2.49. The molecule has 2 aliphatic carbocycles. The standard InChI is InChI=1S/C52H63N7O8S/c1-33(2)39-7-4-5-8-40(39)41-9-6-10-45(41)59-31-52(32-59)20-23-58(24-21-52)36-11-13-42(46(26-36)67-47-25-35-17-22-53-48(35)55-50(47)66-37-29-65-30-37)49(60)57-68(63,64)38-12-14-43(44(27-38)56-62)54-28-34-15-18-51(3,61)19-16-34/h4-5,7-8,11-14,17,22,25-27,33-34,37,41,45,54,61H,6,9-10,15-16,18-21,23-24,28-32H2,1-3H3,(H,53,55)(H,57,60)/t34-,41-,45-,51-/m0/s1. The second-order valence-electron chi connectivity index (χ2n) is 20.6. The number of likely N-dealkylation sites (tertiary alicyclic amines) is 1. The SMILES string of the molecule is CC(C)c1ccccc1[C@@H]1CCC[C@@H]1N1CC2(CCN(c3ccc(C(=O)NS(=O)(=O)c4ccc(NC[C@H]5CC[C@](C)(O)CC5)c(N=O)c4)c(Oc4cc5cc[nH]c5nc4OC4COC4)c3)CC2)C1. The highest BCUT2D eigenvalue weighted by atomic mass is 32.2. The summed E-state index contributed by atoms with van der Waals surface area (Å²) < 4.78 is 48.2. The van der Waals surface area contributed by atoms with Crippen LogP contribution in [0.25, 0.3) is 11.0 Å². The topological polar surface area (TPSA) is 188 Å². The molecule has 3 aromatic carbocycles. The predicted octanol–water partition coefficient (Wildman–Crippen LogP) is 9.36. The van der Waals surface area contributed by atoms with E-state index in [1.54, 1.807) is 24.4 Å². The van der Waals surface area contributed by atoms with Crippen molar-refractivity contribution in [3.8, 4) is 17.4 Å². The summed E-state index contributed by atoms with van der Waals surface area (Å²) in [5.74, 6) is 1.04. The highest BCUT2D eigenvalue weighted by Gasteiger charge is 2.49. The number of ether oxygens (including phenoxy) is 3. The number of aromatic amines is 1. The number of nitroso groups, excluding NO2 is 1. The monoisotopic (exact) mass is 945 g/mol. The number of benzene rings is 3. The van der Waals surface area contributed by atoms with Gasteiger partial charge in [-0.2, -0.15) is 4.98 Å². The number of H-pyrrole nitrogens is 1. The van der Waals surface area contributed by atoms with Gasteiger partial charge in [0, 0.05) is 62.1 Å². The molecule has 5 aromatic rings. The van der Waals surface area contributed by atoms with Crippen LogP contribution < -0.4 is 24.4 Å². The zero-order valence-electron chi connectivity index (χ0n) is 39.2. The first-order valence-corrected chi connectivity index (χ1v) is 25.9. The largest absolute Gasteiger partial charge is 0.467 e. The number of hydrogen-bond donors (Lipinski definition) is 4. The van der Waals surface area contributed by atoms with Crippen molar-refractivity contribution in [2.75, 3.05) is 56.2 Å². The van der Waals surface area contributed by atoms with Crippen molar-refractivity contribution in [3.05, 3.63) is 101 Å². The number of piperidine rings is 1. The summed E-state index contributed by atoms with van der Waals surface area (Å²) in [5.41, 5.74) is 4.31. The van der Waals surface area contributed by atoms with Gasteiger partial charge in [0.1, 0.15) is 23.2 Å². The summed E-state index contributed by atoms with van der Waals surface area (Å²) in [5, 5.41) is 17.5. The molecule has 2 atom stereocenters. The molecule has 360 valence electrons. The van der Waals surface area contributed by atoms with Crippen LogP contribution in [0.1, 0.15) is 112 Å². The van der Waals surface area contributed by atoms with Gasteiger partial charge in [-0.15, -0.1) is 4.91 Å². The van der Waals surface area contributed by atoms with E-state index in [-0.39, 0.29) is 51.0 Å². The fourth-order valence-corrected chi connectivity index (χ4v) is 12.2. The lowest BCUT2D eigenvalue weighted by molar-refractivity contribution is -0.0818. The molecule has 2 saturated carbocycles. The Bertz CT molecular complexity index is 2760. The van der Waals surface area contributed by atoms with Crippen LogP contribution in [0.2, 0.25) is 0 Å². The van der Waals surface area contributed by atoms with Crippen LogP contribution in [0.15, 0.2) is 89.1 Å². The van der Waals surface area contributed by atoms with E-state index < -0.39 is 21.5 Å². The maximum absolute atomic E-state index is 14.2. The average Bonchev–Trinajstić information content (AvgIpc) is 3.99. The summed E-state index contributed by atoms with van der Waals surface area (Å²) in [6, 6.07) is 22.5. The van der Waals surface area contributed by atoms with Crippen molar-refractivity contribution in [3.63, 3.8) is 0 Å². The average molecular weight is 946 g/mol. The van der Waals surface area contributed by atoms with Crippen molar-refractivity contribution >= 4 is 44.0 Å². The zero-order valence-corrected chi connectivity index (χ0v) is 40.0. The molecule has 10 rings (SSSR count). The number of carbonyl (C=O) groups is 1. The molecule has 3 saturated heterocycles. The first-order chi connectivity index (χ1) is 32.7. The van der Waals surface area contributed by atoms with E-state index in [0.29, 0.717) is 61.8 Å². The zero-order chi connectivity index (χ0) is 47.2. The molecule has 5 heterocycles. The van der Waals surface area contributed by atoms with Crippen molar-refractivity contribution in [2.24, 2.45) is 16.5 Å². The first kappa shape index (κ1) is 46.2. The number of pyridine rings is 1. The number of sulfonamides is 1. The van der Waals surface area contributed by atoms with Crippen molar-refractivity contribution in [1.29, 1.82) is 0 Å². The van der Waals surface area contributed by atoms with Crippen LogP contribution in [-0.2, 0) is 14.8 Å². The molecule has 0 radical (unpaired) electrons. The van der Waals surface area contributed by atoms with Crippen molar-refractivity contribution in [1.82, 2.24) is 19.6 Å². The van der Waals surface area contributed by atoms with Crippen LogP contribution in [0.5, 0.6) is 17.4 Å². The summed E-state index contributed by atoms with van der Waals surface area (Å²) >= 11 is 0. The third kappa shape index (κ3) is 9.57. The fourth-order valence-electron chi connectivity index (χ4n) is 11.3. The first-order valence-electron chi connectivity index (χ1n) is 24.4. The van der Waals surface area contributed by atoms with Gasteiger partial charge in [-0.05, 0) is 140 Å². The number of anilines is 2. The second kappa shape index (κ2) is 18.7. The van der Waals surface area contributed by atoms with E-state index in [2.05, 4.69) is 73.1 Å². The van der Waals surface area contributed by atoms with Gasteiger partial charge in [-0.1, -0.05) is 44.5 Å². The molecule has 0 bridgehead atoms. The minimum atomic E-state index is -4.49. The third-order valence-corrected chi connectivity index (χ3v) is 16.7. The lowest BCUT2D eigenvalue weighted by atomic mass is 9.70. The Kier molecular flexibility index (Phi) is 12.7. The predicted molar refractivity (Wildman–Crippen MR) is 262 cm³/mol. The molecule has 5 fully saturated rings. The molecule has 16 heteroatoms. The van der Waals surface area contributed by atoms with Gasteiger partial charge in [0.15, 0.2) is 5.75 Å². The molecule has 4 N–H and O–H groups in total. The number of aliphatic hydroxyl groups is 1. The number of fused-ring (bicyclic) bond motifs is 1. The summed E-state index contributed by atoms with van der Waals surface area (Å²) in [6.45, 7) is 11.6. The third-order valence-electron chi connectivity index (χ3n) is 15.4. The Morgan fingerprint density at radius 1 is 0.971 bits per heavy atom. The molecule has 1 spiro atoms. The molecular formula is C52H63N7O8S. The Hall–Kier alpha value is -5.55. The fraction of sp³-hybridized carbons (Fsp3) is 0.500. The van der Waals surface area contributed by atoms with Gasteiger partial charge in [0.25, 0.3) is 21.8 Å². The van der Waals surface area contributed by atoms with Crippen molar-refractivity contribution in [2.45, 2.75) is 113 Å².